The van der Waals surface area contributed by atoms with E-state index in [4.69, 9.17) is 9.72 Å². The summed E-state index contributed by atoms with van der Waals surface area (Å²) >= 11 is 1.37. The van der Waals surface area contributed by atoms with E-state index >= 15 is 0 Å². The molecule has 0 spiro atoms. The molecule has 170 valence electrons. The minimum Gasteiger partial charge on any atom is -0.497 e. The molecule has 33 heavy (non-hydrogen) atoms. The Hall–Kier alpha value is -3.30. The number of aryl methyl sites for hydroxylation is 1. The molecular weight excluding hydrogens is 458 g/mol. The zero-order valence-corrected chi connectivity index (χ0v) is 19.9. The summed E-state index contributed by atoms with van der Waals surface area (Å²) in [6.45, 7) is 2.22. The number of hydrogen-bond donors (Lipinski definition) is 0. The topological polar surface area (TPSA) is 89.5 Å². The molecular formula is C24H23N3O4S2. The molecule has 0 aliphatic carbocycles. The van der Waals surface area contributed by atoms with Gasteiger partial charge in [-0.05, 0) is 53.9 Å². The summed E-state index contributed by atoms with van der Waals surface area (Å²) in [5.74, 6) is -0.678. The van der Waals surface area contributed by atoms with Gasteiger partial charge in [0.25, 0.3) is 0 Å². The Morgan fingerprint density at radius 3 is 2.55 bits per heavy atom. The Kier molecular flexibility index (Phi) is 6.71. The average molecular weight is 482 g/mol. The number of amides is 1. The van der Waals surface area contributed by atoms with Crippen molar-refractivity contribution >= 4 is 42.4 Å². The fourth-order valence-corrected chi connectivity index (χ4v) is 5.67. The number of rotatable bonds is 8. The third-order valence-corrected chi connectivity index (χ3v) is 7.86. The lowest BCUT2D eigenvalue weighted by Crippen LogP contribution is -2.35. The number of para-hydroxylation sites is 1. The van der Waals surface area contributed by atoms with Crippen molar-refractivity contribution in [3.05, 3.63) is 78.1 Å². The summed E-state index contributed by atoms with van der Waals surface area (Å²) in [7, 11) is -2.35. The van der Waals surface area contributed by atoms with Gasteiger partial charge in [-0.15, -0.1) is 0 Å². The lowest BCUT2D eigenvalue weighted by molar-refractivity contribution is -0.116. The second-order valence-corrected chi connectivity index (χ2v) is 10.4. The van der Waals surface area contributed by atoms with E-state index in [0.29, 0.717) is 10.9 Å². The predicted octanol–water partition coefficient (Wildman–Crippen LogP) is 4.27. The van der Waals surface area contributed by atoms with Crippen LogP contribution in [-0.2, 0) is 27.6 Å². The van der Waals surface area contributed by atoms with E-state index in [2.05, 4.69) is 4.98 Å². The molecule has 2 aromatic carbocycles. The Bertz CT molecular complexity index is 1370. The van der Waals surface area contributed by atoms with Crippen LogP contribution in [0, 0.1) is 0 Å². The number of sulfone groups is 1. The number of carbonyl (C=O) groups is 1. The van der Waals surface area contributed by atoms with Crippen molar-refractivity contribution in [1.82, 2.24) is 9.97 Å². The van der Waals surface area contributed by atoms with Gasteiger partial charge in [-0.25, -0.2) is 13.4 Å². The van der Waals surface area contributed by atoms with Crippen LogP contribution in [0.4, 0.5) is 5.13 Å². The van der Waals surface area contributed by atoms with Crippen molar-refractivity contribution in [2.45, 2.75) is 24.8 Å². The third-order valence-electron chi connectivity index (χ3n) is 5.20. The van der Waals surface area contributed by atoms with Crippen LogP contribution in [0.5, 0.6) is 5.75 Å². The van der Waals surface area contributed by atoms with Crippen LogP contribution in [0.3, 0.4) is 0 Å². The Labute approximate surface area is 196 Å². The van der Waals surface area contributed by atoms with Gasteiger partial charge in [0.05, 0.1) is 28.8 Å². The lowest BCUT2D eigenvalue weighted by atomic mass is 10.1. The summed E-state index contributed by atoms with van der Waals surface area (Å²) in [5, 5.41) is 0.463. The molecule has 1 amide bonds. The number of benzene rings is 2. The molecule has 0 unspecified atom stereocenters. The number of aromatic nitrogens is 2. The number of ether oxygens (including phenoxy) is 1. The zero-order chi connectivity index (χ0) is 23.4. The normalized spacial score (nSPS) is 11.5. The standard InChI is InChI=1S/C24H23N3O4S2/c1-3-18-7-4-8-21-23(18)26-24(32-21)27(15-17-6-5-13-25-14-17)22(28)16-33(29,30)20-11-9-19(31-2)10-12-20/h4-14H,3,15-16H2,1-2H3. The summed E-state index contributed by atoms with van der Waals surface area (Å²) in [5.41, 5.74) is 2.69. The molecule has 2 heterocycles. The largest absolute Gasteiger partial charge is 0.497 e. The molecule has 0 saturated carbocycles. The Morgan fingerprint density at radius 2 is 1.88 bits per heavy atom. The number of hydrogen-bond acceptors (Lipinski definition) is 7. The van der Waals surface area contributed by atoms with Gasteiger partial charge in [0.2, 0.25) is 5.91 Å². The van der Waals surface area contributed by atoms with Gasteiger partial charge in [0.1, 0.15) is 11.5 Å². The SMILES string of the molecule is CCc1cccc2sc(N(Cc3cccnc3)C(=O)CS(=O)(=O)c3ccc(OC)cc3)nc12. The highest BCUT2D eigenvalue weighted by molar-refractivity contribution is 7.92. The van der Waals surface area contributed by atoms with E-state index in [0.717, 1.165) is 27.8 Å². The van der Waals surface area contributed by atoms with Gasteiger partial charge in [0.15, 0.2) is 15.0 Å². The first-order valence-corrected chi connectivity index (χ1v) is 12.8. The minimum absolute atomic E-state index is 0.0653. The Morgan fingerprint density at radius 1 is 1.09 bits per heavy atom. The quantitative estimate of drug-likeness (QED) is 0.373. The number of nitrogens with zero attached hydrogens (tertiary/aromatic N) is 3. The van der Waals surface area contributed by atoms with Crippen LogP contribution in [0.1, 0.15) is 18.1 Å². The first-order valence-electron chi connectivity index (χ1n) is 10.4. The summed E-state index contributed by atoms with van der Waals surface area (Å²) < 4.78 is 32.0. The number of thiazole rings is 1. The molecule has 0 aliphatic heterocycles. The third kappa shape index (κ3) is 5.04. The molecule has 2 aromatic heterocycles. The van der Waals surface area contributed by atoms with Crippen molar-refractivity contribution in [2.75, 3.05) is 17.8 Å². The fraction of sp³-hybridized carbons (Fsp3) is 0.208. The molecule has 0 N–H and O–H groups in total. The van der Waals surface area contributed by atoms with E-state index in [1.165, 1.54) is 35.5 Å². The van der Waals surface area contributed by atoms with Crippen LogP contribution >= 0.6 is 11.3 Å². The number of methoxy groups -OCH3 is 1. The van der Waals surface area contributed by atoms with Gasteiger partial charge in [-0.2, -0.15) is 0 Å². The molecule has 4 aromatic rings. The molecule has 0 aliphatic rings. The van der Waals surface area contributed by atoms with Crippen LogP contribution < -0.4 is 9.64 Å². The molecule has 0 saturated heterocycles. The monoisotopic (exact) mass is 481 g/mol. The van der Waals surface area contributed by atoms with Crippen molar-refractivity contribution in [3.63, 3.8) is 0 Å². The molecule has 4 rings (SSSR count). The lowest BCUT2D eigenvalue weighted by Gasteiger charge is -2.20. The zero-order valence-electron chi connectivity index (χ0n) is 18.3. The van der Waals surface area contributed by atoms with Crippen molar-refractivity contribution in [2.24, 2.45) is 0 Å². The second-order valence-electron chi connectivity index (χ2n) is 7.39. The molecule has 0 radical (unpaired) electrons. The van der Waals surface area contributed by atoms with Crippen LogP contribution in [0.25, 0.3) is 10.2 Å². The van der Waals surface area contributed by atoms with E-state index in [9.17, 15) is 13.2 Å². The molecule has 0 fully saturated rings. The fourth-order valence-electron chi connectivity index (χ4n) is 3.44. The average Bonchev–Trinajstić information content (AvgIpc) is 3.27. The van der Waals surface area contributed by atoms with E-state index < -0.39 is 21.5 Å². The summed E-state index contributed by atoms with van der Waals surface area (Å²) in [4.78, 5) is 23.7. The minimum atomic E-state index is -3.86. The molecule has 0 atom stereocenters. The highest BCUT2D eigenvalue weighted by Crippen LogP contribution is 2.32. The van der Waals surface area contributed by atoms with Crippen LogP contribution in [0.2, 0.25) is 0 Å². The number of carbonyl (C=O) groups excluding carboxylic acids is 1. The second kappa shape index (κ2) is 9.68. The highest BCUT2D eigenvalue weighted by Gasteiger charge is 2.27. The first kappa shape index (κ1) is 22.9. The molecule has 7 nitrogen and oxygen atoms in total. The van der Waals surface area contributed by atoms with Crippen molar-refractivity contribution in [3.8, 4) is 5.75 Å². The number of fused-ring (bicyclic) bond motifs is 1. The maximum atomic E-state index is 13.4. The van der Waals surface area contributed by atoms with Crippen molar-refractivity contribution < 1.29 is 17.9 Å². The maximum Gasteiger partial charge on any atom is 0.244 e. The number of anilines is 1. The van der Waals surface area contributed by atoms with Gasteiger partial charge in [-0.1, -0.05) is 36.5 Å². The van der Waals surface area contributed by atoms with Crippen molar-refractivity contribution in [1.29, 1.82) is 0 Å². The summed E-state index contributed by atoms with van der Waals surface area (Å²) in [6.07, 6.45) is 4.11. The highest BCUT2D eigenvalue weighted by atomic mass is 32.2. The Balaban J connectivity index is 1.69. The smallest absolute Gasteiger partial charge is 0.244 e. The van der Waals surface area contributed by atoms with E-state index in [1.807, 2.05) is 31.2 Å². The van der Waals surface area contributed by atoms with Gasteiger partial charge < -0.3 is 4.74 Å². The van der Waals surface area contributed by atoms with Gasteiger partial charge in [0, 0.05) is 12.4 Å². The van der Waals surface area contributed by atoms with Gasteiger partial charge in [-0.3, -0.25) is 14.7 Å². The molecule has 9 heteroatoms. The summed E-state index contributed by atoms with van der Waals surface area (Å²) in [6, 6.07) is 15.6. The first-order chi connectivity index (χ1) is 15.9. The number of pyridine rings is 1. The molecule has 0 bridgehead atoms. The van der Waals surface area contributed by atoms with E-state index in [1.54, 1.807) is 30.6 Å². The van der Waals surface area contributed by atoms with Crippen LogP contribution in [-0.4, -0.2) is 37.2 Å². The maximum absolute atomic E-state index is 13.4. The van der Waals surface area contributed by atoms with Gasteiger partial charge >= 0.3 is 0 Å². The van der Waals surface area contributed by atoms with Crippen LogP contribution in [0.15, 0.2) is 71.9 Å². The van der Waals surface area contributed by atoms with E-state index in [-0.39, 0.29) is 11.4 Å². The predicted molar refractivity (Wildman–Crippen MR) is 129 cm³/mol.